The quantitative estimate of drug-likeness (QED) is 0.323. The third-order valence-corrected chi connectivity index (χ3v) is 6.01. The van der Waals surface area contributed by atoms with E-state index >= 15 is 0 Å². The van der Waals surface area contributed by atoms with E-state index in [4.69, 9.17) is 19.3 Å². The molecule has 0 spiro atoms. The van der Waals surface area contributed by atoms with Crippen LogP contribution in [0.1, 0.15) is 34.2 Å². The predicted molar refractivity (Wildman–Crippen MR) is 135 cm³/mol. The van der Waals surface area contributed by atoms with E-state index in [-0.39, 0.29) is 0 Å². The standard InChI is InChI=1S/C27H28N6O2/c1-17-13-22(34-5)11-12-23(17)26-19(3)30-33-25(14-18(2)28-27(26)33)32(15-21-9-7-6-8-10-21)16-24-29-20(4)31-35-24/h6-14H,15-16H2,1-5H3. The Kier molecular flexibility index (Phi) is 5.94. The normalized spacial score (nSPS) is 11.2. The van der Waals surface area contributed by atoms with Crippen molar-refractivity contribution in [1.82, 2.24) is 24.7 Å². The first-order chi connectivity index (χ1) is 16.9. The highest BCUT2D eigenvalue weighted by molar-refractivity contribution is 5.83. The van der Waals surface area contributed by atoms with E-state index in [1.165, 1.54) is 5.56 Å². The first-order valence-corrected chi connectivity index (χ1v) is 11.5. The minimum absolute atomic E-state index is 0.449. The Morgan fingerprint density at radius 1 is 0.943 bits per heavy atom. The van der Waals surface area contributed by atoms with Gasteiger partial charge in [0.05, 0.1) is 19.3 Å². The van der Waals surface area contributed by atoms with Gasteiger partial charge in [-0.3, -0.25) is 0 Å². The van der Waals surface area contributed by atoms with Crippen molar-refractivity contribution in [3.63, 3.8) is 0 Å². The minimum atomic E-state index is 0.449. The summed E-state index contributed by atoms with van der Waals surface area (Å²) in [5.74, 6) is 2.90. The summed E-state index contributed by atoms with van der Waals surface area (Å²) < 4.78 is 12.8. The molecule has 0 unspecified atom stereocenters. The van der Waals surface area contributed by atoms with Crippen molar-refractivity contribution < 1.29 is 9.26 Å². The molecule has 0 bridgehead atoms. The van der Waals surface area contributed by atoms with Crippen molar-refractivity contribution in [2.24, 2.45) is 0 Å². The maximum absolute atomic E-state index is 5.47. The summed E-state index contributed by atoms with van der Waals surface area (Å²) in [6, 6.07) is 18.5. The van der Waals surface area contributed by atoms with E-state index in [1.54, 1.807) is 7.11 Å². The zero-order valence-corrected chi connectivity index (χ0v) is 20.6. The van der Waals surface area contributed by atoms with Gasteiger partial charge in [-0.25, -0.2) is 4.98 Å². The number of fused-ring (bicyclic) bond motifs is 1. The zero-order valence-electron chi connectivity index (χ0n) is 20.6. The van der Waals surface area contributed by atoms with Crippen molar-refractivity contribution >= 4 is 11.5 Å². The fourth-order valence-electron chi connectivity index (χ4n) is 4.40. The average molecular weight is 469 g/mol. The van der Waals surface area contributed by atoms with Crippen LogP contribution in [-0.4, -0.2) is 31.8 Å². The van der Waals surface area contributed by atoms with Gasteiger partial charge in [0, 0.05) is 23.9 Å². The van der Waals surface area contributed by atoms with E-state index in [0.717, 1.165) is 45.3 Å². The lowest BCUT2D eigenvalue weighted by Gasteiger charge is -2.24. The van der Waals surface area contributed by atoms with E-state index in [1.807, 2.05) is 55.6 Å². The van der Waals surface area contributed by atoms with Crippen LogP contribution in [0.15, 0.2) is 59.1 Å². The zero-order chi connectivity index (χ0) is 24.5. The van der Waals surface area contributed by atoms with Gasteiger partial charge >= 0.3 is 0 Å². The van der Waals surface area contributed by atoms with Crippen molar-refractivity contribution in [2.45, 2.75) is 40.8 Å². The lowest BCUT2D eigenvalue weighted by molar-refractivity contribution is 0.371. The Balaban J connectivity index is 1.66. The molecule has 178 valence electrons. The fourth-order valence-corrected chi connectivity index (χ4v) is 4.40. The highest BCUT2D eigenvalue weighted by atomic mass is 16.5. The lowest BCUT2D eigenvalue weighted by Crippen LogP contribution is -2.25. The molecule has 0 saturated heterocycles. The summed E-state index contributed by atoms with van der Waals surface area (Å²) in [5.41, 5.74) is 7.00. The van der Waals surface area contributed by atoms with Crippen molar-refractivity contribution in [3.05, 3.63) is 88.8 Å². The Morgan fingerprint density at radius 3 is 2.43 bits per heavy atom. The maximum atomic E-state index is 5.47. The minimum Gasteiger partial charge on any atom is -0.497 e. The molecule has 5 aromatic rings. The number of anilines is 1. The molecular weight excluding hydrogens is 440 g/mol. The molecule has 3 aromatic heterocycles. The van der Waals surface area contributed by atoms with Crippen molar-refractivity contribution in [1.29, 1.82) is 0 Å². The number of ether oxygens (including phenoxy) is 1. The lowest BCUT2D eigenvalue weighted by atomic mass is 10.0. The highest BCUT2D eigenvalue weighted by Crippen LogP contribution is 2.34. The molecule has 5 rings (SSSR count). The molecule has 2 aromatic carbocycles. The SMILES string of the molecule is COc1ccc(-c2c(C)nn3c(N(Cc4ccccc4)Cc4nc(C)no4)cc(C)nc23)c(C)c1. The van der Waals surface area contributed by atoms with Gasteiger partial charge in [-0.05, 0) is 56.5 Å². The molecule has 35 heavy (non-hydrogen) atoms. The second-order valence-corrected chi connectivity index (χ2v) is 8.71. The molecule has 0 aliphatic carbocycles. The summed E-state index contributed by atoms with van der Waals surface area (Å²) >= 11 is 0. The van der Waals surface area contributed by atoms with Gasteiger partial charge in [-0.2, -0.15) is 14.6 Å². The highest BCUT2D eigenvalue weighted by Gasteiger charge is 2.22. The van der Waals surface area contributed by atoms with Crippen LogP contribution in [0.2, 0.25) is 0 Å². The molecule has 0 saturated carbocycles. The molecule has 3 heterocycles. The number of hydrogen-bond acceptors (Lipinski definition) is 7. The van der Waals surface area contributed by atoms with Crippen LogP contribution in [0.3, 0.4) is 0 Å². The molecule has 0 aliphatic rings. The van der Waals surface area contributed by atoms with E-state index in [0.29, 0.717) is 24.8 Å². The molecule has 0 radical (unpaired) electrons. The second kappa shape index (κ2) is 9.21. The van der Waals surface area contributed by atoms with Crippen LogP contribution in [0, 0.1) is 27.7 Å². The summed E-state index contributed by atoms with van der Waals surface area (Å²) in [4.78, 5) is 11.5. The fraction of sp³-hybridized carbons (Fsp3) is 0.259. The van der Waals surface area contributed by atoms with Crippen LogP contribution in [0.4, 0.5) is 5.82 Å². The van der Waals surface area contributed by atoms with Gasteiger partial charge in [0.25, 0.3) is 0 Å². The number of aryl methyl sites for hydroxylation is 4. The van der Waals surface area contributed by atoms with Gasteiger partial charge in [-0.15, -0.1) is 0 Å². The Hall–Kier alpha value is -4.20. The summed E-state index contributed by atoms with van der Waals surface area (Å²) in [7, 11) is 1.68. The Morgan fingerprint density at radius 2 is 1.74 bits per heavy atom. The molecule has 0 fully saturated rings. The van der Waals surface area contributed by atoms with Gasteiger partial charge in [0.2, 0.25) is 5.89 Å². The number of aromatic nitrogens is 5. The number of nitrogens with zero attached hydrogens (tertiary/aromatic N) is 6. The second-order valence-electron chi connectivity index (χ2n) is 8.71. The number of methoxy groups -OCH3 is 1. The van der Waals surface area contributed by atoms with Gasteiger partial charge in [-0.1, -0.05) is 41.6 Å². The smallest absolute Gasteiger partial charge is 0.246 e. The number of benzene rings is 2. The predicted octanol–water partition coefficient (Wildman–Crippen LogP) is 5.23. The van der Waals surface area contributed by atoms with Crippen LogP contribution in [0.25, 0.3) is 16.8 Å². The third-order valence-electron chi connectivity index (χ3n) is 6.01. The molecule has 0 amide bonds. The monoisotopic (exact) mass is 468 g/mol. The molecule has 0 N–H and O–H groups in total. The largest absolute Gasteiger partial charge is 0.497 e. The van der Waals surface area contributed by atoms with Gasteiger partial charge < -0.3 is 14.2 Å². The van der Waals surface area contributed by atoms with Gasteiger partial charge in [0.1, 0.15) is 11.6 Å². The van der Waals surface area contributed by atoms with Gasteiger partial charge in [0.15, 0.2) is 11.5 Å². The van der Waals surface area contributed by atoms with E-state index in [2.05, 4.69) is 46.2 Å². The topological polar surface area (TPSA) is 81.6 Å². The van der Waals surface area contributed by atoms with E-state index < -0.39 is 0 Å². The molecule has 0 aliphatic heterocycles. The summed E-state index contributed by atoms with van der Waals surface area (Å²) in [6.07, 6.45) is 0. The average Bonchev–Trinajstić information content (AvgIpc) is 3.40. The van der Waals surface area contributed by atoms with Crippen LogP contribution >= 0.6 is 0 Å². The Bertz CT molecular complexity index is 1490. The summed E-state index contributed by atoms with van der Waals surface area (Å²) in [5, 5.41) is 8.91. The molecule has 8 nitrogen and oxygen atoms in total. The Labute approximate surface area is 204 Å². The molecular formula is C27H28N6O2. The van der Waals surface area contributed by atoms with Crippen LogP contribution < -0.4 is 9.64 Å². The first-order valence-electron chi connectivity index (χ1n) is 11.5. The van der Waals surface area contributed by atoms with Crippen LogP contribution in [0.5, 0.6) is 5.75 Å². The molecule has 8 heteroatoms. The first kappa shape index (κ1) is 22.6. The van der Waals surface area contributed by atoms with Crippen LogP contribution in [-0.2, 0) is 13.1 Å². The number of rotatable bonds is 7. The van der Waals surface area contributed by atoms with Crippen molar-refractivity contribution in [2.75, 3.05) is 12.0 Å². The third kappa shape index (κ3) is 4.47. The maximum Gasteiger partial charge on any atom is 0.246 e. The summed E-state index contributed by atoms with van der Waals surface area (Å²) in [6.45, 7) is 9.03. The number of hydrogen-bond donors (Lipinski definition) is 0. The van der Waals surface area contributed by atoms with Crippen molar-refractivity contribution in [3.8, 4) is 16.9 Å². The van der Waals surface area contributed by atoms with E-state index in [9.17, 15) is 0 Å². The molecule has 0 atom stereocenters.